The molecule has 19 heavy (non-hydrogen) atoms. The molecule has 1 aromatic rings. The molecular weight excluding hydrogens is 242 g/mol. The molecule has 0 spiro atoms. The van der Waals surface area contributed by atoms with E-state index in [-0.39, 0.29) is 5.69 Å². The molecular formula is C14H19N3O2. The lowest BCUT2D eigenvalue weighted by atomic mass is 9.78. The predicted molar refractivity (Wildman–Crippen MR) is 71.3 cm³/mol. The van der Waals surface area contributed by atoms with Gasteiger partial charge in [0.25, 0.3) is 0 Å². The largest absolute Gasteiger partial charge is 0.476 e. The van der Waals surface area contributed by atoms with Gasteiger partial charge in [-0.2, -0.15) is 0 Å². The lowest BCUT2D eigenvalue weighted by molar-refractivity contribution is 0.0690. The molecule has 1 saturated carbocycles. The molecule has 0 unspecified atom stereocenters. The summed E-state index contributed by atoms with van der Waals surface area (Å²) in [5, 5.41) is 9.26. The van der Waals surface area contributed by atoms with Gasteiger partial charge in [-0.05, 0) is 31.6 Å². The van der Waals surface area contributed by atoms with Gasteiger partial charge in [0.2, 0.25) is 0 Å². The molecule has 0 amide bonds. The molecule has 0 aromatic carbocycles. The molecule has 1 aliphatic heterocycles. The highest BCUT2D eigenvalue weighted by Crippen LogP contribution is 2.37. The summed E-state index contributed by atoms with van der Waals surface area (Å²) in [5.74, 6) is 0.277. The van der Waals surface area contributed by atoms with Crippen LogP contribution in [-0.2, 0) is 0 Å². The molecule has 102 valence electrons. The highest BCUT2D eigenvalue weighted by atomic mass is 16.4. The molecule has 0 bridgehead atoms. The zero-order valence-corrected chi connectivity index (χ0v) is 11.0. The first-order chi connectivity index (χ1) is 9.27. The van der Waals surface area contributed by atoms with Gasteiger partial charge in [0.15, 0.2) is 11.5 Å². The van der Waals surface area contributed by atoms with Gasteiger partial charge in [0.05, 0.1) is 0 Å². The second-order valence-electron chi connectivity index (χ2n) is 5.48. The number of fused-ring (bicyclic) bond motifs is 1. The highest BCUT2D eigenvalue weighted by molar-refractivity contribution is 5.91. The third-order valence-electron chi connectivity index (χ3n) is 4.40. The van der Waals surface area contributed by atoms with E-state index < -0.39 is 5.97 Å². The zero-order chi connectivity index (χ0) is 13.2. The zero-order valence-electron chi connectivity index (χ0n) is 11.0. The maximum absolute atomic E-state index is 11.3. The number of hydrogen-bond donors (Lipinski definition) is 1. The standard InChI is InChI=1S/C14H19N3O2/c18-14(19)12-13(16-8-7-15-12)17-9-3-5-10-4-1-2-6-11(10)17/h7-8,10-11H,1-6,9H2,(H,18,19)/t10-,11-/m1/s1. The molecule has 5 heteroatoms. The molecule has 5 nitrogen and oxygen atoms in total. The van der Waals surface area contributed by atoms with Crippen molar-refractivity contribution in [1.82, 2.24) is 9.97 Å². The minimum absolute atomic E-state index is 0.0914. The van der Waals surface area contributed by atoms with E-state index in [1.165, 1.54) is 31.9 Å². The van der Waals surface area contributed by atoms with Gasteiger partial charge >= 0.3 is 5.97 Å². The predicted octanol–water partition coefficient (Wildman–Crippen LogP) is 2.33. The highest BCUT2D eigenvalue weighted by Gasteiger charge is 2.35. The smallest absolute Gasteiger partial charge is 0.358 e. The summed E-state index contributed by atoms with van der Waals surface area (Å²) in [4.78, 5) is 21.8. The number of carbonyl (C=O) groups is 1. The Morgan fingerprint density at radius 1 is 1.16 bits per heavy atom. The summed E-state index contributed by atoms with van der Waals surface area (Å²) in [6.07, 6.45) is 10.4. The van der Waals surface area contributed by atoms with Gasteiger partial charge < -0.3 is 10.0 Å². The molecule has 1 aliphatic carbocycles. The van der Waals surface area contributed by atoms with Crippen LogP contribution < -0.4 is 4.90 Å². The van der Waals surface area contributed by atoms with Crippen molar-refractivity contribution in [3.63, 3.8) is 0 Å². The number of nitrogens with zero attached hydrogens (tertiary/aromatic N) is 3. The number of rotatable bonds is 2. The van der Waals surface area contributed by atoms with E-state index in [4.69, 9.17) is 0 Å². The van der Waals surface area contributed by atoms with Crippen molar-refractivity contribution in [3.05, 3.63) is 18.1 Å². The van der Waals surface area contributed by atoms with Crippen LogP contribution in [0.25, 0.3) is 0 Å². The topological polar surface area (TPSA) is 66.3 Å². The quantitative estimate of drug-likeness (QED) is 0.885. The van der Waals surface area contributed by atoms with Crippen molar-refractivity contribution in [3.8, 4) is 0 Å². The third kappa shape index (κ3) is 2.29. The minimum atomic E-state index is -0.985. The van der Waals surface area contributed by atoms with Gasteiger partial charge in [-0.15, -0.1) is 0 Å². The van der Waals surface area contributed by atoms with Crippen LogP contribution in [0.3, 0.4) is 0 Å². The fourth-order valence-electron chi connectivity index (χ4n) is 3.58. The van der Waals surface area contributed by atoms with E-state index in [2.05, 4.69) is 14.9 Å². The second-order valence-corrected chi connectivity index (χ2v) is 5.48. The molecule has 1 aromatic heterocycles. The maximum Gasteiger partial charge on any atom is 0.358 e. The Morgan fingerprint density at radius 2 is 1.89 bits per heavy atom. The van der Waals surface area contributed by atoms with Crippen LogP contribution in [0.5, 0.6) is 0 Å². The molecule has 2 fully saturated rings. The number of piperidine rings is 1. The molecule has 0 radical (unpaired) electrons. The Bertz CT molecular complexity index is 476. The first-order valence-electron chi connectivity index (χ1n) is 7.08. The van der Waals surface area contributed by atoms with Gasteiger partial charge in [-0.3, -0.25) is 0 Å². The van der Waals surface area contributed by atoms with E-state index in [0.717, 1.165) is 19.4 Å². The SMILES string of the molecule is O=C(O)c1nccnc1N1CCC[C@H]2CCCC[C@H]21. The lowest BCUT2D eigenvalue weighted by Gasteiger charge is -2.44. The Balaban J connectivity index is 1.94. The van der Waals surface area contributed by atoms with E-state index in [1.54, 1.807) is 6.20 Å². The maximum atomic E-state index is 11.3. The fourth-order valence-corrected chi connectivity index (χ4v) is 3.58. The Kier molecular flexibility index (Phi) is 3.36. The summed E-state index contributed by atoms with van der Waals surface area (Å²) in [7, 11) is 0. The average Bonchev–Trinajstić information content (AvgIpc) is 2.46. The van der Waals surface area contributed by atoms with Crippen LogP contribution in [-0.4, -0.2) is 33.6 Å². The van der Waals surface area contributed by atoms with E-state index in [9.17, 15) is 9.90 Å². The summed E-state index contributed by atoms with van der Waals surface area (Å²) < 4.78 is 0. The summed E-state index contributed by atoms with van der Waals surface area (Å²) in [6, 6.07) is 0.456. The lowest BCUT2D eigenvalue weighted by Crippen LogP contribution is -2.47. The first-order valence-corrected chi connectivity index (χ1v) is 7.08. The van der Waals surface area contributed by atoms with Gasteiger partial charge in [-0.1, -0.05) is 12.8 Å². The summed E-state index contributed by atoms with van der Waals surface area (Å²) in [6.45, 7) is 0.903. The fraction of sp³-hybridized carbons (Fsp3) is 0.643. The number of carboxylic acids is 1. The molecule has 2 atom stereocenters. The normalized spacial score (nSPS) is 26.8. The average molecular weight is 261 g/mol. The van der Waals surface area contributed by atoms with Crippen molar-refractivity contribution in [2.45, 2.75) is 44.6 Å². The van der Waals surface area contributed by atoms with Crippen LogP contribution in [0.2, 0.25) is 0 Å². The van der Waals surface area contributed by atoms with Crippen LogP contribution in [0.1, 0.15) is 49.0 Å². The minimum Gasteiger partial charge on any atom is -0.476 e. The third-order valence-corrected chi connectivity index (χ3v) is 4.40. The van der Waals surface area contributed by atoms with Crippen LogP contribution in [0.15, 0.2) is 12.4 Å². The summed E-state index contributed by atoms with van der Waals surface area (Å²) >= 11 is 0. The molecule has 3 rings (SSSR count). The van der Waals surface area contributed by atoms with E-state index in [1.807, 2.05) is 0 Å². The van der Waals surface area contributed by atoms with Crippen LogP contribution >= 0.6 is 0 Å². The first kappa shape index (κ1) is 12.4. The molecule has 2 aliphatic rings. The Morgan fingerprint density at radius 3 is 2.74 bits per heavy atom. The number of aromatic nitrogens is 2. The van der Waals surface area contributed by atoms with Gasteiger partial charge in [-0.25, -0.2) is 14.8 Å². The molecule has 1 N–H and O–H groups in total. The van der Waals surface area contributed by atoms with Crippen molar-refractivity contribution in [2.24, 2.45) is 5.92 Å². The monoisotopic (exact) mass is 261 g/mol. The van der Waals surface area contributed by atoms with Gasteiger partial charge in [0.1, 0.15) is 0 Å². The Hall–Kier alpha value is -1.65. The van der Waals surface area contributed by atoms with Gasteiger partial charge in [0, 0.05) is 25.0 Å². The second kappa shape index (κ2) is 5.15. The van der Waals surface area contributed by atoms with Crippen molar-refractivity contribution in [1.29, 1.82) is 0 Å². The van der Waals surface area contributed by atoms with Crippen molar-refractivity contribution < 1.29 is 9.90 Å². The van der Waals surface area contributed by atoms with E-state index in [0.29, 0.717) is 17.8 Å². The summed E-state index contributed by atoms with van der Waals surface area (Å²) in [5.41, 5.74) is 0.0914. The van der Waals surface area contributed by atoms with E-state index >= 15 is 0 Å². The number of anilines is 1. The number of hydrogen-bond acceptors (Lipinski definition) is 4. The number of carboxylic acid groups (broad SMARTS) is 1. The van der Waals surface area contributed by atoms with Crippen LogP contribution in [0.4, 0.5) is 5.82 Å². The molecule has 1 saturated heterocycles. The molecule has 2 heterocycles. The van der Waals surface area contributed by atoms with Crippen molar-refractivity contribution >= 4 is 11.8 Å². The Labute approximate surface area is 112 Å². The van der Waals surface area contributed by atoms with Crippen LogP contribution in [0, 0.1) is 5.92 Å². The number of aromatic carboxylic acids is 1. The van der Waals surface area contributed by atoms with Crippen molar-refractivity contribution in [2.75, 3.05) is 11.4 Å².